The molecule has 0 unspecified atom stereocenters. The van der Waals surface area contributed by atoms with Crippen molar-refractivity contribution in [3.05, 3.63) is 18.2 Å². The molecule has 0 aliphatic rings. The van der Waals surface area contributed by atoms with Crippen LogP contribution in [0.15, 0.2) is 18.2 Å². The van der Waals surface area contributed by atoms with Crippen molar-refractivity contribution >= 4 is 22.7 Å². The molecule has 90 valence electrons. The topological polar surface area (TPSA) is 87.0 Å². The van der Waals surface area contributed by atoms with Gasteiger partial charge in [-0.3, -0.25) is 0 Å². The SMILES string of the molecule is Nc1nc(N)c2c(OCC(F)F)cccc2n1. The highest BCUT2D eigenvalue weighted by Crippen LogP contribution is 2.29. The third-order valence-corrected chi connectivity index (χ3v) is 2.10. The summed E-state index contributed by atoms with van der Waals surface area (Å²) in [4.78, 5) is 7.71. The van der Waals surface area contributed by atoms with Gasteiger partial charge in [-0.15, -0.1) is 0 Å². The Morgan fingerprint density at radius 3 is 2.71 bits per heavy atom. The molecule has 4 N–H and O–H groups in total. The fraction of sp³-hybridized carbons (Fsp3) is 0.200. The van der Waals surface area contributed by atoms with Gasteiger partial charge in [0.05, 0.1) is 10.9 Å². The van der Waals surface area contributed by atoms with Crippen LogP contribution >= 0.6 is 0 Å². The van der Waals surface area contributed by atoms with Crippen LogP contribution in [0.5, 0.6) is 5.75 Å². The summed E-state index contributed by atoms with van der Waals surface area (Å²) in [6.45, 7) is -0.705. The molecule has 0 spiro atoms. The number of hydrogen-bond donors (Lipinski definition) is 2. The molecule has 0 saturated heterocycles. The molecule has 0 saturated carbocycles. The molecule has 0 amide bonds. The van der Waals surface area contributed by atoms with Crippen molar-refractivity contribution in [2.75, 3.05) is 18.1 Å². The van der Waals surface area contributed by atoms with E-state index in [4.69, 9.17) is 16.2 Å². The van der Waals surface area contributed by atoms with E-state index in [2.05, 4.69) is 9.97 Å². The number of anilines is 2. The number of nitrogens with two attached hydrogens (primary N) is 2. The van der Waals surface area contributed by atoms with Crippen LogP contribution in [-0.4, -0.2) is 23.0 Å². The number of hydrogen-bond acceptors (Lipinski definition) is 5. The Morgan fingerprint density at radius 1 is 1.24 bits per heavy atom. The largest absolute Gasteiger partial charge is 0.487 e. The van der Waals surface area contributed by atoms with Gasteiger partial charge in [-0.1, -0.05) is 6.07 Å². The zero-order valence-electron chi connectivity index (χ0n) is 8.73. The minimum absolute atomic E-state index is 0.0287. The van der Waals surface area contributed by atoms with Crippen LogP contribution in [-0.2, 0) is 0 Å². The Balaban J connectivity index is 2.49. The fourth-order valence-electron chi connectivity index (χ4n) is 1.47. The second-order valence-corrected chi connectivity index (χ2v) is 3.32. The molecule has 7 heteroatoms. The summed E-state index contributed by atoms with van der Waals surface area (Å²) >= 11 is 0. The van der Waals surface area contributed by atoms with Crippen LogP contribution in [0.4, 0.5) is 20.5 Å². The van der Waals surface area contributed by atoms with Crippen LogP contribution < -0.4 is 16.2 Å². The average molecular weight is 240 g/mol. The third kappa shape index (κ3) is 2.32. The molecule has 0 atom stereocenters. The first-order chi connectivity index (χ1) is 8.08. The smallest absolute Gasteiger partial charge is 0.272 e. The first-order valence-corrected chi connectivity index (χ1v) is 4.80. The number of nitrogens with zero attached hydrogens (tertiary/aromatic N) is 2. The number of rotatable bonds is 3. The normalized spacial score (nSPS) is 11.0. The van der Waals surface area contributed by atoms with Gasteiger partial charge in [0.2, 0.25) is 5.95 Å². The third-order valence-electron chi connectivity index (χ3n) is 2.10. The molecule has 1 aromatic carbocycles. The quantitative estimate of drug-likeness (QED) is 0.847. The van der Waals surface area contributed by atoms with Gasteiger partial charge in [-0.25, -0.2) is 13.8 Å². The van der Waals surface area contributed by atoms with Gasteiger partial charge in [0, 0.05) is 0 Å². The Hall–Kier alpha value is -2.18. The van der Waals surface area contributed by atoms with Gasteiger partial charge in [-0.2, -0.15) is 4.98 Å². The highest BCUT2D eigenvalue weighted by molar-refractivity contribution is 5.94. The van der Waals surface area contributed by atoms with Crippen molar-refractivity contribution in [1.82, 2.24) is 9.97 Å². The van der Waals surface area contributed by atoms with Crippen LogP contribution in [0.3, 0.4) is 0 Å². The van der Waals surface area contributed by atoms with Crippen molar-refractivity contribution in [2.45, 2.75) is 6.43 Å². The van der Waals surface area contributed by atoms with Crippen molar-refractivity contribution < 1.29 is 13.5 Å². The van der Waals surface area contributed by atoms with Crippen molar-refractivity contribution in [3.8, 4) is 5.75 Å². The molecule has 0 bridgehead atoms. The second-order valence-electron chi connectivity index (χ2n) is 3.32. The molecule has 2 rings (SSSR count). The average Bonchev–Trinajstić information content (AvgIpc) is 2.25. The number of nitrogen functional groups attached to an aromatic ring is 2. The molecule has 0 aliphatic carbocycles. The summed E-state index contributed by atoms with van der Waals surface area (Å²) in [5, 5.41) is 0.391. The minimum atomic E-state index is -2.55. The maximum Gasteiger partial charge on any atom is 0.272 e. The van der Waals surface area contributed by atoms with Gasteiger partial charge >= 0.3 is 0 Å². The second kappa shape index (κ2) is 4.36. The van der Waals surface area contributed by atoms with Crippen molar-refractivity contribution in [1.29, 1.82) is 0 Å². The Kier molecular flexibility index (Phi) is 2.90. The van der Waals surface area contributed by atoms with E-state index in [9.17, 15) is 8.78 Å². The van der Waals surface area contributed by atoms with E-state index in [0.717, 1.165) is 0 Å². The van der Waals surface area contributed by atoms with Gasteiger partial charge in [-0.05, 0) is 12.1 Å². The maximum atomic E-state index is 12.1. The number of benzene rings is 1. The Morgan fingerprint density at radius 2 is 2.00 bits per heavy atom. The lowest BCUT2D eigenvalue weighted by Gasteiger charge is -2.10. The molecule has 2 aromatic rings. The van der Waals surface area contributed by atoms with Gasteiger partial charge < -0.3 is 16.2 Å². The summed E-state index contributed by atoms with van der Waals surface area (Å²) in [5.74, 6) is 0.360. The molecule has 0 radical (unpaired) electrons. The molecule has 1 heterocycles. The van der Waals surface area contributed by atoms with Crippen molar-refractivity contribution in [3.63, 3.8) is 0 Å². The molecular weight excluding hydrogens is 230 g/mol. The molecule has 0 fully saturated rings. The van der Waals surface area contributed by atoms with Gasteiger partial charge in [0.1, 0.15) is 18.2 Å². The zero-order valence-corrected chi connectivity index (χ0v) is 8.73. The summed E-state index contributed by atoms with van der Waals surface area (Å²) in [7, 11) is 0. The lowest BCUT2D eigenvalue weighted by molar-refractivity contribution is 0.0827. The van der Waals surface area contributed by atoms with E-state index in [0.29, 0.717) is 10.9 Å². The molecule has 1 aromatic heterocycles. The number of aromatic nitrogens is 2. The zero-order chi connectivity index (χ0) is 12.4. The molecule has 5 nitrogen and oxygen atoms in total. The lowest BCUT2D eigenvalue weighted by Crippen LogP contribution is -2.08. The number of alkyl halides is 2. The Bertz CT molecular complexity index is 547. The van der Waals surface area contributed by atoms with Crippen LogP contribution in [0.1, 0.15) is 0 Å². The van der Waals surface area contributed by atoms with E-state index in [-0.39, 0.29) is 17.5 Å². The molecule has 0 aliphatic heterocycles. The van der Waals surface area contributed by atoms with E-state index in [1.54, 1.807) is 12.1 Å². The van der Waals surface area contributed by atoms with E-state index < -0.39 is 13.0 Å². The van der Waals surface area contributed by atoms with Crippen LogP contribution in [0, 0.1) is 0 Å². The standard InChI is InChI=1S/C10H10F2N4O/c11-7(12)4-17-6-3-1-2-5-8(6)9(13)16-10(14)15-5/h1-3,7H,4H2,(H4,13,14,15,16). The number of halogens is 2. The van der Waals surface area contributed by atoms with E-state index in [1.807, 2.05) is 0 Å². The predicted molar refractivity (Wildman–Crippen MR) is 59.9 cm³/mol. The first kappa shape index (κ1) is 11.3. The fourth-order valence-corrected chi connectivity index (χ4v) is 1.47. The highest BCUT2D eigenvalue weighted by Gasteiger charge is 2.11. The molecule has 17 heavy (non-hydrogen) atoms. The Labute approximate surface area is 95.4 Å². The summed E-state index contributed by atoms with van der Waals surface area (Å²) < 4.78 is 29.1. The minimum Gasteiger partial charge on any atom is -0.487 e. The van der Waals surface area contributed by atoms with Crippen molar-refractivity contribution in [2.24, 2.45) is 0 Å². The van der Waals surface area contributed by atoms with Gasteiger partial charge in [0.25, 0.3) is 6.43 Å². The number of fused-ring (bicyclic) bond motifs is 1. The summed E-state index contributed by atoms with van der Waals surface area (Å²) in [6, 6.07) is 4.80. The monoisotopic (exact) mass is 240 g/mol. The summed E-state index contributed by atoms with van der Waals surface area (Å²) in [5.41, 5.74) is 11.6. The molecular formula is C10H10F2N4O. The maximum absolute atomic E-state index is 12.1. The predicted octanol–water partition coefficient (Wildman–Crippen LogP) is 1.44. The van der Waals surface area contributed by atoms with Gasteiger partial charge in [0.15, 0.2) is 0 Å². The lowest BCUT2D eigenvalue weighted by atomic mass is 10.2. The highest BCUT2D eigenvalue weighted by atomic mass is 19.3. The van der Waals surface area contributed by atoms with Crippen LogP contribution in [0.2, 0.25) is 0 Å². The first-order valence-electron chi connectivity index (χ1n) is 4.80. The summed E-state index contributed by atoms with van der Waals surface area (Å²) in [6.07, 6.45) is -2.55. The van der Waals surface area contributed by atoms with E-state index >= 15 is 0 Å². The van der Waals surface area contributed by atoms with Crippen LogP contribution in [0.25, 0.3) is 10.9 Å². The van der Waals surface area contributed by atoms with E-state index in [1.165, 1.54) is 6.07 Å². The number of ether oxygens (including phenoxy) is 1.